The van der Waals surface area contributed by atoms with Gasteiger partial charge in [-0.15, -0.1) is 11.3 Å². The number of aromatic nitrogens is 3. The van der Waals surface area contributed by atoms with Gasteiger partial charge in [0, 0.05) is 48.9 Å². The van der Waals surface area contributed by atoms with Crippen LogP contribution in [0.3, 0.4) is 0 Å². The van der Waals surface area contributed by atoms with Gasteiger partial charge in [0.25, 0.3) is 0 Å². The molecule has 0 amide bonds. The van der Waals surface area contributed by atoms with Crippen LogP contribution in [0, 0.1) is 6.92 Å². The lowest BCUT2D eigenvalue weighted by Gasteiger charge is -2.37. The van der Waals surface area contributed by atoms with Gasteiger partial charge < -0.3 is 5.11 Å². The second kappa shape index (κ2) is 7.07. The van der Waals surface area contributed by atoms with Gasteiger partial charge in [-0.2, -0.15) is 5.10 Å². The van der Waals surface area contributed by atoms with E-state index in [1.165, 1.54) is 0 Å². The molecule has 5 nitrogen and oxygen atoms in total. The molecule has 0 radical (unpaired) electrons. The van der Waals surface area contributed by atoms with E-state index in [1.54, 1.807) is 22.2 Å². The molecule has 0 unspecified atom stereocenters. The van der Waals surface area contributed by atoms with Gasteiger partial charge in [0.2, 0.25) is 0 Å². The number of thiazole rings is 1. The molecule has 1 fully saturated rings. The Labute approximate surface area is 139 Å². The molecule has 0 saturated carbocycles. The molecule has 2 aromatic rings. The van der Waals surface area contributed by atoms with Crippen molar-refractivity contribution in [2.75, 3.05) is 19.8 Å². The van der Waals surface area contributed by atoms with Crippen LogP contribution in [0.25, 0.3) is 0 Å². The second-order valence-corrected chi connectivity index (χ2v) is 7.30. The summed E-state index contributed by atoms with van der Waals surface area (Å²) >= 11 is 1.63. The number of piperidine rings is 1. The average molecular weight is 338 g/mol. The Bertz CT molecular complexity index is 634. The van der Waals surface area contributed by atoms with Gasteiger partial charge in [-0.3, -0.25) is 9.58 Å². The Hall–Kier alpha value is -1.31. The zero-order valence-corrected chi connectivity index (χ0v) is 14.2. The molecule has 23 heavy (non-hydrogen) atoms. The summed E-state index contributed by atoms with van der Waals surface area (Å²) in [6.07, 6.45) is 5.86. The summed E-state index contributed by atoms with van der Waals surface area (Å²) in [4.78, 5) is 6.78. The SMILES string of the molecule is Cc1csc(CC2(O)CCN(Cc3cnn(CCF)c3)CC2)n1. The number of alkyl halides is 1. The number of nitrogens with zero attached hydrogens (tertiary/aromatic N) is 4. The summed E-state index contributed by atoms with van der Waals surface area (Å²) in [7, 11) is 0. The lowest BCUT2D eigenvalue weighted by molar-refractivity contribution is -0.0225. The fourth-order valence-electron chi connectivity index (χ4n) is 3.02. The van der Waals surface area contributed by atoms with Gasteiger partial charge in [0.1, 0.15) is 6.67 Å². The number of likely N-dealkylation sites (tertiary alicyclic amines) is 1. The third-order valence-electron chi connectivity index (χ3n) is 4.34. The molecule has 0 spiro atoms. The summed E-state index contributed by atoms with van der Waals surface area (Å²) in [5.74, 6) is 0. The molecule has 0 bridgehead atoms. The Morgan fingerprint density at radius 3 is 2.83 bits per heavy atom. The smallest absolute Gasteiger partial charge is 0.109 e. The van der Waals surface area contributed by atoms with Crippen LogP contribution in [0.2, 0.25) is 0 Å². The highest BCUT2D eigenvalue weighted by Crippen LogP contribution is 2.28. The zero-order chi connectivity index (χ0) is 16.3. The quantitative estimate of drug-likeness (QED) is 0.877. The Balaban J connectivity index is 1.51. The molecule has 126 valence electrons. The highest BCUT2D eigenvalue weighted by atomic mass is 32.1. The van der Waals surface area contributed by atoms with Crippen LogP contribution < -0.4 is 0 Å². The minimum absolute atomic E-state index is 0.312. The monoisotopic (exact) mass is 338 g/mol. The Kier molecular flexibility index (Phi) is 5.08. The first-order valence-electron chi connectivity index (χ1n) is 7.99. The molecule has 0 aliphatic carbocycles. The molecule has 1 saturated heterocycles. The lowest BCUT2D eigenvalue weighted by Crippen LogP contribution is -2.45. The third-order valence-corrected chi connectivity index (χ3v) is 5.31. The predicted molar refractivity (Wildman–Crippen MR) is 88.2 cm³/mol. The van der Waals surface area contributed by atoms with Crippen LogP contribution in [0.5, 0.6) is 0 Å². The number of aryl methyl sites for hydroxylation is 2. The van der Waals surface area contributed by atoms with Crippen LogP contribution in [-0.2, 0) is 19.5 Å². The maximum absolute atomic E-state index is 12.3. The van der Waals surface area contributed by atoms with Crippen molar-refractivity contribution < 1.29 is 9.50 Å². The molecular formula is C16H23FN4OS. The normalized spacial score (nSPS) is 18.4. The average Bonchev–Trinajstić information content (AvgIpc) is 3.11. The predicted octanol–water partition coefficient (Wildman–Crippen LogP) is 2.19. The van der Waals surface area contributed by atoms with Gasteiger partial charge in [0.15, 0.2) is 0 Å². The molecule has 0 aromatic carbocycles. The number of aliphatic hydroxyl groups is 1. The highest BCUT2D eigenvalue weighted by molar-refractivity contribution is 7.09. The molecule has 1 aliphatic rings. The molecule has 7 heteroatoms. The number of hydrogen-bond donors (Lipinski definition) is 1. The molecule has 3 rings (SSSR count). The van der Waals surface area contributed by atoms with Crippen molar-refractivity contribution >= 4 is 11.3 Å². The summed E-state index contributed by atoms with van der Waals surface area (Å²) in [6.45, 7) is 4.42. The van der Waals surface area contributed by atoms with Gasteiger partial charge in [-0.1, -0.05) is 0 Å². The summed E-state index contributed by atoms with van der Waals surface area (Å²) in [6, 6.07) is 0. The van der Waals surface area contributed by atoms with E-state index in [2.05, 4.69) is 15.0 Å². The van der Waals surface area contributed by atoms with Crippen LogP contribution in [0.1, 0.15) is 29.1 Å². The van der Waals surface area contributed by atoms with Gasteiger partial charge >= 0.3 is 0 Å². The maximum atomic E-state index is 12.3. The van der Waals surface area contributed by atoms with Crippen LogP contribution in [0.4, 0.5) is 4.39 Å². The van der Waals surface area contributed by atoms with Crippen molar-refractivity contribution in [3.63, 3.8) is 0 Å². The third kappa shape index (κ3) is 4.37. The van der Waals surface area contributed by atoms with Crippen molar-refractivity contribution in [1.82, 2.24) is 19.7 Å². The van der Waals surface area contributed by atoms with E-state index in [4.69, 9.17) is 0 Å². The fourth-order valence-corrected chi connectivity index (χ4v) is 3.93. The first kappa shape index (κ1) is 16.5. The first-order chi connectivity index (χ1) is 11.1. The fraction of sp³-hybridized carbons (Fsp3) is 0.625. The zero-order valence-electron chi connectivity index (χ0n) is 13.4. The first-order valence-corrected chi connectivity index (χ1v) is 8.87. The topological polar surface area (TPSA) is 54.2 Å². The summed E-state index contributed by atoms with van der Waals surface area (Å²) in [5.41, 5.74) is 1.48. The van der Waals surface area contributed by atoms with Crippen LogP contribution in [-0.4, -0.2) is 50.1 Å². The lowest BCUT2D eigenvalue weighted by atomic mass is 9.88. The van der Waals surface area contributed by atoms with E-state index in [1.807, 2.05) is 18.5 Å². The van der Waals surface area contributed by atoms with Crippen LogP contribution >= 0.6 is 11.3 Å². The number of hydrogen-bond acceptors (Lipinski definition) is 5. The Morgan fingerprint density at radius 1 is 1.39 bits per heavy atom. The number of rotatable bonds is 6. The van der Waals surface area contributed by atoms with Crippen molar-refractivity contribution in [3.05, 3.63) is 34.0 Å². The van der Waals surface area contributed by atoms with E-state index in [9.17, 15) is 9.50 Å². The van der Waals surface area contributed by atoms with E-state index in [0.717, 1.165) is 48.7 Å². The largest absolute Gasteiger partial charge is 0.389 e. The minimum Gasteiger partial charge on any atom is -0.389 e. The molecule has 1 aliphatic heterocycles. The summed E-state index contributed by atoms with van der Waals surface area (Å²) < 4.78 is 13.9. The van der Waals surface area contributed by atoms with E-state index in [0.29, 0.717) is 13.0 Å². The van der Waals surface area contributed by atoms with Gasteiger partial charge in [0.05, 0.1) is 23.4 Å². The van der Waals surface area contributed by atoms with Crippen LogP contribution in [0.15, 0.2) is 17.8 Å². The molecule has 2 aromatic heterocycles. The maximum Gasteiger partial charge on any atom is 0.109 e. The Morgan fingerprint density at radius 2 is 2.17 bits per heavy atom. The highest BCUT2D eigenvalue weighted by Gasteiger charge is 2.33. The number of halogens is 1. The standard InChI is InChI=1S/C16H23FN4OS/c1-13-12-23-15(19-13)8-16(22)2-5-20(6-3-16)10-14-9-18-21(11-14)7-4-17/h9,11-12,22H,2-8,10H2,1H3. The molecule has 1 N–H and O–H groups in total. The molecule has 3 heterocycles. The van der Waals surface area contributed by atoms with Crippen molar-refractivity contribution in [3.8, 4) is 0 Å². The van der Waals surface area contributed by atoms with Crippen molar-refractivity contribution in [2.45, 2.75) is 44.9 Å². The van der Waals surface area contributed by atoms with E-state index in [-0.39, 0.29) is 0 Å². The van der Waals surface area contributed by atoms with Gasteiger partial charge in [-0.25, -0.2) is 9.37 Å². The summed E-state index contributed by atoms with van der Waals surface area (Å²) in [5, 5.41) is 18.0. The van der Waals surface area contributed by atoms with E-state index >= 15 is 0 Å². The molecular weight excluding hydrogens is 315 g/mol. The molecule has 0 atom stereocenters. The second-order valence-electron chi connectivity index (χ2n) is 6.36. The van der Waals surface area contributed by atoms with Crippen molar-refractivity contribution in [1.29, 1.82) is 0 Å². The van der Waals surface area contributed by atoms with Crippen molar-refractivity contribution in [2.24, 2.45) is 0 Å². The van der Waals surface area contributed by atoms with Gasteiger partial charge in [-0.05, 0) is 19.8 Å². The minimum atomic E-state index is -0.640. The van der Waals surface area contributed by atoms with E-state index < -0.39 is 12.3 Å².